The van der Waals surface area contributed by atoms with Crippen molar-refractivity contribution in [2.75, 3.05) is 0 Å². The highest BCUT2D eigenvalue weighted by atomic mass is 19.3. The van der Waals surface area contributed by atoms with E-state index in [0.717, 1.165) is 0 Å². The van der Waals surface area contributed by atoms with Crippen molar-refractivity contribution in [3.05, 3.63) is 35.4 Å². The molecule has 0 atom stereocenters. The fourth-order valence-corrected chi connectivity index (χ4v) is 0.733. The molecule has 0 saturated heterocycles. The van der Waals surface area contributed by atoms with Crippen LogP contribution in [0.1, 0.15) is 5.56 Å². The van der Waals surface area contributed by atoms with Crippen molar-refractivity contribution in [1.82, 2.24) is 0 Å². The smallest absolute Gasteiger partial charge is 0.332 e. The van der Waals surface area contributed by atoms with Crippen LogP contribution in [0.25, 0.3) is 0 Å². The molecule has 0 fully saturated rings. The van der Waals surface area contributed by atoms with Gasteiger partial charge in [-0.3, -0.25) is 0 Å². The Labute approximate surface area is 65.3 Å². The topological polar surface area (TPSA) is 20.2 Å². The van der Waals surface area contributed by atoms with E-state index >= 15 is 0 Å². The van der Waals surface area contributed by atoms with E-state index in [4.69, 9.17) is 5.11 Å². The van der Waals surface area contributed by atoms with Gasteiger partial charge in [0, 0.05) is 6.07 Å². The quantitative estimate of drug-likeness (QED) is 0.655. The summed E-state index contributed by atoms with van der Waals surface area (Å²) in [6.45, 7) is 0. The van der Waals surface area contributed by atoms with Crippen LogP contribution >= 0.6 is 0 Å². The minimum Gasteiger partial charge on any atom is -0.332 e. The minimum absolute atomic E-state index is 0.277. The van der Waals surface area contributed by atoms with E-state index in [1.807, 2.05) is 0 Å². The van der Waals surface area contributed by atoms with Crippen LogP contribution in [0.4, 0.5) is 17.6 Å². The number of halogens is 4. The summed E-state index contributed by atoms with van der Waals surface area (Å²) in [5.74, 6) is -2.44. The maximum Gasteiger partial charge on any atom is 0.383 e. The molecule has 0 unspecified atom stereocenters. The lowest BCUT2D eigenvalue weighted by molar-refractivity contribution is -0.210. The molecule has 1 nitrogen and oxygen atoms in total. The Hall–Kier alpha value is -1.10. The Balaban J connectivity index is 3.19. The molecule has 5 heteroatoms. The Kier molecular flexibility index (Phi) is 2.06. The molecule has 0 heterocycles. The molecule has 0 aliphatic rings. The standard InChI is InChI=1S/C7H4F4O/c8-4-1-2-5(6(9)3-4)7(10,11)12/h1-3,12H. The van der Waals surface area contributed by atoms with E-state index in [-0.39, 0.29) is 6.07 Å². The van der Waals surface area contributed by atoms with Gasteiger partial charge in [0.25, 0.3) is 0 Å². The molecule has 1 N–H and O–H groups in total. The summed E-state index contributed by atoms with van der Waals surface area (Å²) in [4.78, 5) is 0. The summed E-state index contributed by atoms with van der Waals surface area (Å²) in [7, 11) is 0. The first-order chi connectivity index (χ1) is 5.41. The van der Waals surface area contributed by atoms with Gasteiger partial charge in [-0.15, -0.1) is 0 Å². The number of hydrogen-bond acceptors (Lipinski definition) is 1. The van der Waals surface area contributed by atoms with Gasteiger partial charge in [-0.05, 0) is 12.1 Å². The lowest BCUT2D eigenvalue weighted by Gasteiger charge is -2.08. The van der Waals surface area contributed by atoms with Gasteiger partial charge in [0.05, 0.1) is 5.56 Å². The first-order valence-electron chi connectivity index (χ1n) is 2.97. The van der Waals surface area contributed by atoms with Crippen molar-refractivity contribution in [3.63, 3.8) is 0 Å². The normalized spacial score (nSPS) is 11.8. The minimum atomic E-state index is -4.27. The summed E-state index contributed by atoms with van der Waals surface area (Å²) in [6.07, 6.45) is -4.27. The zero-order valence-electron chi connectivity index (χ0n) is 5.69. The van der Waals surface area contributed by atoms with Gasteiger partial charge in [0.1, 0.15) is 11.6 Å². The second kappa shape index (κ2) is 2.75. The average Bonchev–Trinajstić information content (AvgIpc) is 1.83. The molecule has 0 aliphatic heterocycles. The van der Waals surface area contributed by atoms with Crippen LogP contribution < -0.4 is 0 Å². The molecule has 0 amide bonds. The predicted octanol–water partition coefficient (Wildman–Crippen LogP) is 2.01. The first-order valence-corrected chi connectivity index (χ1v) is 2.97. The lowest BCUT2D eigenvalue weighted by atomic mass is 10.2. The fourth-order valence-electron chi connectivity index (χ4n) is 0.733. The highest BCUT2D eigenvalue weighted by Crippen LogP contribution is 2.26. The van der Waals surface area contributed by atoms with Crippen LogP contribution in [0, 0.1) is 11.6 Å². The number of alkyl halides is 2. The van der Waals surface area contributed by atoms with Crippen LogP contribution in [0.3, 0.4) is 0 Å². The Bertz CT molecular complexity index is 292. The molecule has 0 spiro atoms. The van der Waals surface area contributed by atoms with Crippen molar-refractivity contribution >= 4 is 0 Å². The molecule has 66 valence electrons. The first kappa shape index (κ1) is 8.99. The van der Waals surface area contributed by atoms with Gasteiger partial charge in [-0.2, -0.15) is 8.78 Å². The van der Waals surface area contributed by atoms with Gasteiger partial charge in [0.15, 0.2) is 0 Å². The summed E-state index contributed by atoms with van der Waals surface area (Å²) in [5.41, 5.74) is -1.23. The van der Waals surface area contributed by atoms with Crippen LogP contribution in [0.2, 0.25) is 0 Å². The number of benzene rings is 1. The van der Waals surface area contributed by atoms with E-state index in [0.29, 0.717) is 12.1 Å². The van der Waals surface area contributed by atoms with Crippen molar-refractivity contribution in [2.45, 2.75) is 6.11 Å². The molecule has 0 radical (unpaired) electrons. The third kappa shape index (κ3) is 1.73. The molecule has 0 bridgehead atoms. The Morgan fingerprint density at radius 3 is 2.17 bits per heavy atom. The highest BCUT2D eigenvalue weighted by Gasteiger charge is 2.31. The summed E-state index contributed by atoms with van der Waals surface area (Å²) >= 11 is 0. The monoisotopic (exact) mass is 180 g/mol. The third-order valence-electron chi connectivity index (χ3n) is 1.26. The summed E-state index contributed by atoms with van der Waals surface area (Å²) in [6, 6.07) is 1.41. The van der Waals surface area contributed by atoms with E-state index in [9.17, 15) is 17.6 Å². The van der Waals surface area contributed by atoms with Crippen molar-refractivity contribution in [3.8, 4) is 0 Å². The molecule has 1 aromatic rings. The van der Waals surface area contributed by atoms with Gasteiger partial charge >= 0.3 is 6.11 Å². The van der Waals surface area contributed by atoms with Gasteiger partial charge in [-0.1, -0.05) is 0 Å². The van der Waals surface area contributed by atoms with Gasteiger partial charge in [0.2, 0.25) is 0 Å². The second-order valence-corrected chi connectivity index (χ2v) is 2.17. The second-order valence-electron chi connectivity index (χ2n) is 2.17. The molecular weight excluding hydrogens is 176 g/mol. The molecular formula is C7H4F4O. The van der Waals surface area contributed by atoms with Crippen LogP contribution in [-0.4, -0.2) is 5.11 Å². The maximum atomic E-state index is 12.5. The zero-order chi connectivity index (χ0) is 9.35. The van der Waals surface area contributed by atoms with Crippen LogP contribution in [0.5, 0.6) is 0 Å². The average molecular weight is 180 g/mol. The van der Waals surface area contributed by atoms with E-state index in [2.05, 4.69) is 0 Å². The number of rotatable bonds is 1. The third-order valence-corrected chi connectivity index (χ3v) is 1.26. The van der Waals surface area contributed by atoms with Crippen molar-refractivity contribution < 1.29 is 22.7 Å². The zero-order valence-corrected chi connectivity index (χ0v) is 5.69. The number of hydrogen-bond donors (Lipinski definition) is 1. The predicted molar refractivity (Wildman–Crippen MR) is 32.5 cm³/mol. The SMILES string of the molecule is OC(F)(F)c1ccc(F)cc1F. The van der Waals surface area contributed by atoms with E-state index < -0.39 is 23.3 Å². The molecule has 1 rings (SSSR count). The summed E-state index contributed by atoms with van der Waals surface area (Å²) < 4.78 is 48.7. The maximum absolute atomic E-state index is 12.5. The van der Waals surface area contributed by atoms with Crippen LogP contribution in [-0.2, 0) is 6.11 Å². The van der Waals surface area contributed by atoms with Crippen molar-refractivity contribution in [1.29, 1.82) is 0 Å². The largest absolute Gasteiger partial charge is 0.383 e. The number of aliphatic hydroxyl groups is 1. The lowest BCUT2D eigenvalue weighted by Crippen LogP contribution is -2.13. The van der Waals surface area contributed by atoms with E-state index in [1.165, 1.54) is 0 Å². The fraction of sp³-hybridized carbons (Fsp3) is 0.143. The molecule has 0 saturated carbocycles. The Morgan fingerprint density at radius 2 is 1.75 bits per heavy atom. The summed E-state index contributed by atoms with van der Waals surface area (Å²) in [5, 5.41) is 8.06. The molecule has 0 aromatic heterocycles. The van der Waals surface area contributed by atoms with Crippen molar-refractivity contribution in [2.24, 2.45) is 0 Å². The van der Waals surface area contributed by atoms with Gasteiger partial charge in [-0.25, -0.2) is 8.78 Å². The molecule has 12 heavy (non-hydrogen) atoms. The Morgan fingerprint density at radius 1 is 1.17 bits per heavy atom. The van der Waals surface area contributed by atoms with Gasteiger partial charge < -0.3 is 5.11 Å². The highest BCUT2D eigenvalue weighted by molar-refractivity contribution is 5.20. The molecule has 0 aliphatic carbocycles. The molecule has 1 aromatic carbocycles. The van der Waals surface area contributed by atoms with E-state index in [1.54, 1.807) is 0 Å². The van der Waals surface area contributed by atoms with Crippen LogP contribution in [0.15, 0.2) is 18.2 Å².